The lowest BCUT2D eigenvalue weighted by molar-refractivity contribution is -0.159. The van der Waals surface area contributed by atoms with E-state index in [1.165, 1.54) is 24.3 Å². The molecule has 0 saturated carbocycles. The van der Waals surface area contributed by atoms with Gasteiger partial charge in [-0.25, -0.2) is 0 Å². The van der Waals surface area contributed by atoms with Crippen molar-refractivity contribution in [1.29, 1.82) is 0 Å². The lowest BCUT2D eigenvalue weighted by Gasteiger charge is -2.35. The molecule has 0 aliphatic carbocycles. The van der Waals surface area contributed by atoms with Crippen LogP contribution in [-0.4, -0.2) is 69.0 Å². The van der Waals surface area contributed by atoms with Gasteiger partial charge in [-0.05, 0) is 18.2 Å². The van der Waals surface area contributed by atoms with Gasteiger partial charge in [-0.3, -0.25) is 14.3 Å². The summed E-state index contributed by atoms with van der Waals surface area (Å²) < 4.78 is 49.4. The molecular weight excluding hydrogens is 493 g/mol. The van der Waals surface area contributed by atoms with Crippen LogP contribution in [0.15, 0.2) is 53.1 Å². The first kappa shape index (κ1) is 24.4. The highest BCUT2D eigenvalue weighted by Gasteiger charge is 2.38. The highest BCUT2D eigenvalue weighted by molar-refractivity contribution is 6.05. The van der Waals surface area contributed by atoms with Gasteiger partial charge in [0.2, 0.25) is 5.82 Å². The zero-order valence-electron chi connectivity index (χ0n) is 19.5. The molecule has 0 radical (unpaired) electrons. The summed E-state index contributed by atoms with van der Waals surface area (Å²) in [5.41, 5.74) is 1.71. The number of amides is 2. The second kappa shape index (κ2) is 9.65. The van der Waals surface area contributed by atoms with Crippen LogP contribution in [0.4, 0.5) is 13.2 Å². The molecule has 1 unspecified atom stereocenters. The number of halogens is 3. The van der Waals surface area contributed by atoms with Crippen LogP contribution in [0.3, 0.4) is 0 Å². The third-order valence-electron chi connectivity index (χ3n) is 6.00. The Balaban J connectivity index is 1.26. The van der Waals surface area contributed by atoms with Gasteiger partial charge in [-0.2, -0.15) is 23.3 Å². The van der Waals surface area contributed by atoms with Crippen molar-refractivity contribution >= 4 is 22.7 Å². The Hall–Kier alpha value is -4.26. The number of hydrogen-bond donors (Lipinski definition) is 1. The van der Waals surface area contributed by atoms with E-state index < -0.39 is 24.0 Å². The first-order valence-corrected chi connectivity index (χ1v) is 11.3. The Morgan fingerprint density at radius 2 is 1.89 bits per heavy atom. The summed E-state index contributed by atoms with van der Waals surface area (Å²) >= 11 is 0. The van der Waals surface area contributed by atoms with E-state index in [2.05, 4.69) is 25.1 Å². The molecule has 1 aliphatic rings. The summed E-state index contributed by atoms with van der Waals surface area (Å²) in [4.78, 5) is 31.2. The maximum Gasteiger partial charge on any atom is 0.471 e. The highest BCUT2D eigenvalue weighted by Crippen LogP contribution is 2.29. The number of rotatable bonds is 5. The zero-order valence-corrected chi connectivity index (χ0v) is 19.5. The summed E-state index contributed by atoms with van der Waals surface area (Å²) in [5, 5.41) is 11.3. The molecule has 4 aromatic rings. The maximum absolute atomic E-state index is 13.5. The van der Waals surface area contributed by atoms with Gasteiger partial charge in [-0.1, -0.05) is 35.5 Å². The first-order valence-electron chi connectivity index (χ1n) is 11.3. The van der Waals surface area contributed by atoms with Crippen LogP contribution in [-0.2, 0) is 18.0 Å². The number of aryl methyl sites for hydroxylation is 1. The summed E-state index contributed by atoms with van der Waals surface area (Å²) in [6.45, 7) is 1.12. The van der Waals surface area contributed by atoms with Crippen LogP contribution in [0.5, 0.6) is 0 Å². The van der Waals surface area contributed by atoms with E-state index in [1.807, 2.05) is 24.3 Å². The summed E-state index contributed by atoms with van der Waals surface area (Å²) in [6.07, 6.45) is -4.74. The molecule has 5 rings (SSSR count). The minimum atomic E-state index is -4.74. The number of hydrogen-bond acceptors (Lipinski definition) is 7. The van der Waals surface area contributed by atoms with Crippen LogP contribution >= 0.6 is 0 Å². The second-order valence-corrected chi connectivity index (χ2v) is 8.42. The van der Waals surface area contributed by atoms with Crippen molar-refractivity contribution in [3.05, 3.63) is 65.7 Å². The maximum atomic E-state index is 13.5. The Bertz CT molecular complexity index is 1450. The van der Waals surface area contributed by atoms with Gasteiger partial charge < -0.3 is 19.5 Å². The molecule has 13 heteroatoms. The predicted octanol–water partition coefficient (Wildman–Crippen LogP) is 2.91. The van der Waals surface area contributed by atoms with Crippen molar-refractivity contribution in [3.63, 3.8) is 0 Å². The molecule has 1 fully saturated rings. The molecule has 2 amide bonds. The minimum absolute atomic E-state index is 0.141. The van der Waals surface area contributed by atoms with Crippen LogP contribution in [0.25, 0.3) is 22.3 Å². The van der Waals surface area contributed by atoms with Crippen LogP contribution < -0.4 is 5.32 Å². The number of nitrogens with zero attached hydrogens (tertiary/aromatic N) is 5. The van der Waals surface area contributed by atoms with Gasteiger partial charge in [0.25, 0.3) is 11.8 Å². The summed E-state index contributed by atoms with van der Waals surface area (Å²) in [5.74, 6) is -2.31. The van der Waals surface area contributed by atoms with E-state index in [-0.39, 0.29) is 36.0 Å². The average Bonchev–Trinajstić information content (AvgIpc) is 3.52. The van der Waals surface area contributed by atoms with Crippen LogP contribution in [0, 0.1) is 0 Å². The van der Waals surface area contributed by atoms with Gasteiger partial charge >= 0.3 is 12.1 Å². The highest BCUT2D eigenvalue weighted by atomic mass is 19.4. The lowest BCUT2D eigenvalue weighted by atomic mass is 10.1. The fourth-order valence-electron chi connectivity index (χ4n) is 4.17. The Labute approximate surface area is 208 Å². The van der Waals surface area contributed by atoms with Gasteiger partial charge in [0, 0.05) is 36.7 Å². The number of nitrogens with one attached hydrogen (secondary N) is 1. The number of ether oxygens (including phenoxy) is 1. The lowest BCUT2D eigenvalue weighted by Crippen LogP contribution is -2.53. The van der Waals surface area contributed by atoms with E-state index in [4.69, 9.17) is 4.74 Å². The number of benzene rings is 2. The topological polar surface area (TPSA) is 115 Å². The smallest absolute Gasteiger partial charge is 0.377 e. The van der Waals surface area contributed by atoms with Crippen LogP contribution in [0.1, 0.15) is 26.7 Å². The molecule has 1 aliphatic heterocycles. The number of aromatic nitrogens is 4. The number of carbonyl (C=O) groups is 2. The monoisotopic (exact) mass is 514 g/mol. The summed E-state index contributed by atoms with van der Waals surface area (Å²) in [6, 6.07) is 12.7. The van der Waals surface area contributed by atoms with E-state index in [1.54, 1.807) is 16.6 Å². The third-order valence-corrected chi connectivity index (χ3v) is 6.00. The first-order chi connectivity index (χ1) is 17.7. The number of morpholine rings is 1. The molecule has 0 spiro atoms. The van der Waals surface area contributed by atoms with Crippen molar-refractivity contribution in [2.75, 3.05) is 26.3 Å². The van der Waals surface area contributed by atoms with E-state index >= 15 is 0 Å². The number of carbonyl (C=O) groups excluding carboxylic acids is 2. The van der Waals surface area contributed by atoms with E-state index in [9.17, 15) is 22.8 Å². The molecule has 1 N–H and O–H groups in total. The van der Waals surface area contributed by atoms with Crippen molar-refractivity contribution in [1.82, 2.24) is 30.1 Å². The standard InChI is InChI=1S/C24H21F3N6O4/c1-32-19(17-4-2-3-5-18(17)30-32)22(35)33-10-11-36-13-16(33)12-28-21(34)15-8-6-14(7-9-15)20-29-23(37-31-20)24(25,26)27/h2-9,16H,10-13H2,1H3,(H,28,34). The van der Waals surface area contributed by atoms with Gasteiger partial charge in [0.1, 0.15) is 5.69 Å². The van der Waals surface area contributed by atoms with Gasteiger partial charge in [0.15, 0.2) is 0 Å². The molecule has 2 aromatic heterocycles. The Kier molecular flexibility index (Phi) is 6.38. The zero-order chi connectivity index (χ0) is 26.2. The van der Waals surface area contributed by atoms with Crippen molar-refractivity contribution in [3.8, 4) is 11.4 Å². The fourth-order valence-corrected chi connectivity index (χ4v) is 4.17. The molecule has 3 heterocycles. The van der Waals surface area contributed by atoms with Gasteiger partial charge in [0.05, 0.1) is 24.8 Å². The predicted molar refractivity (Wildman–Crippen MR) is 123 cm³/mol. The molecule has 192 valence electrons. The van der Waals surface area contributed by atoms with E-state index in [0.29, 0.717) is 24.4 Å². The number of alkyl halides is 3. The molecule has 37 heavy (non-hydrogen) atoms. The van der Waals surface area contributed by atoms with E-state index in [0.717, 1.165) is 5.39 Å². The van der Waals surface area contributed by atoms with Crippen molar-refractivity contribution in [2.24, 2.45) is 7.05 Å². The quantitative estimate of drug-likeness (QED) is 0.436. The molecule has 10 nitrogen and oxygen atoms in total. The summed E-state index contributed by atoms with van der Waals surface area (Å²) in [7, 11) is 1.71. The SMILES string of the molecule is Cn1nc2ccccc2c1C(=O)N1CCOCC1CNC(=O)c1ccc(-c2noc(C(F)(F)F)n2)cc1. The third kappa shape index (κ3) is 4.89. The second-order valence-electron chi connectivity index (χ2n) is 8.42. The number of fused-ring (bicyclic) bond motifs is 1. The molecule has 1 atom stereocenters. The van der Waals surface area contributed by atoms with Crippen LogP contribution in [0.2, 0.25) is 0 Å². The van der Waals surface area contributed by atoms with Crippen molar-refractivity contribution in [2.45, 2.75) is 12.2 Å². The molecule has 0 bridgehead atoms. The van der Waals surface area contributed by atoms with Gasteiger partial charge in [-0.15, -0.1) is 0 Å². The average molecular weight is 514 g/mol. The fraction of sp³-hybridized carbons (Fsp3) is 0.292. The molecule has 1 saturated heterocycles. The Morgan fingerprint density at radius 1 is 1.14 bits per heavy atom. The molecular formula is C24H21F3N6O4. The normalized spacial score (nSPS) is 16.2. The Morgan fingerprint density at radius 3 is 2.62 bits per heavy atom. The largest absolute Gasteiger partial charge is 0.471 e. The van der Waals surface area contributed by atoms with Crippen molar-refractivity contribution < 1.29 is 32.0 Å². The molecule has 2 aromatic carbocycles. The minimum Gasteiger partial charge on any atom is -0.377 e.